The van der Waals surface area contributed by atoms with E-state index in [1.807, 2.05) is 0 Å². The van der Waals surface area contributed by atoms with E-state index in [2.05, 4.69) is 20.8 Å². The van der Waals surface area contributed by atoms with Gasteiger partial charge in [0.05, 0.1) is 6.42 Å². The number of tetrazole rings is 1. The third-order valence-electron chi connectivity index (χ3n) is 3.45. The minimum atomic E-state index is -0.505. The number of nitrogens with one attached hydrogen (secondary N) is 1. The summed E-state index contributed by atoms with van der Waals surface area (Å²) >= 11 is 11.9. The lowest BCUT2D eigenvalue weighted by Crippen LogP contribution is -2.15. The first-order chi connectivity index (χ1) is 11.9. The number of nitrogens with zero attached hydrogens (tertiary/aromatic N) is 4. The average molecular weight is 380 g/mol. The van der Waals surface area contributed by atoms with Gasteiger partial charge in [-0.1, -0.05) is 29.3 Å². The van der Waals surface area contributed by atoms with Crippen LogP contribution in [0.2, 0.25) is 10.0 Å². The molecule has 0 aliphatic carbocycles. The van der Waals surface area contributed by atoms with Crippen molar-refractivity contribution in [3.05, 3.63) is 63.6 Å². The van der Waals surface area contributed by atoms with Crippen molar-refractivity contribution < 1.29 is 9.18 Å². The summed E-state index contributed by atoms with van der Waals surface area (Å²) in [6.45, 7) is 1.65. The molecule has 0 atom stereocenters. The molecule has 0 aliphatic heterocycles. The summed E-state index contributed by atoms with van der Waals surface area (Å²) in [6.07, 6.45) is 0.0621. The van der Waals surface area contributed by atoms with Crippen LogP contribution in [0, 0.1) is 12.7 Å². The van der Waals surface area contributed by atoms with Gasteiger partial charge in [-0.2, -0.15) is 4.68 Å². The molecule has 3 aromatic rings. The lowest BCUT2D eigenvalue weighted by molar-refractivity contribution is -0.115. The highest BCUT2D eigenvalue weighted by molar-refractivity contribution is 6.35. The number of amides is 1. The van der Waals surface area contributed by atoms with Gasteiger partial charge >= 0.3 is 0 Å². The van der Waals surface area contributed by atoms with E-state index in [1.54, 1.807) is 25.1 Å². The number of aryl methyl sites for hydroxylation is 1. The fraction of sp³-hybridized carbons (Fsp3) is 0.125. The number of aromatic nitrogens is 4. The van der Waals surface area contributed by atoms with Gasteiger partial charge in [0.25, 0.3) is 0 Å². The number of halogens is 3. The largest absolute Gasteiger partial charge is 0.326 e. The molecule has 2 aromatic carbocycles. The Kier molecular flexibility index (Phi) is 4.96. The van der Waals surface area contributed by atoms with E-state index >= 15 is 0 Å². The summed E-state index contributed by atoms with van der Waals surface area (Å²) in [4.78, 5) is 12.2. The molecule has 1 N–H and O–H groups in total. The molecule has 1 aromatic heterocycles. The first kappa shape index (κ1) is 17.3. The first-order valence-electron chi connectivity index (χ1n) is 7.23. The normalized spacial score (nSPS) is 10.7. The molecular weight excluding hydrogens is 368 g/mol. The van der Waals surface area contributed by atoms with Crippen molar-refractivity contribution in [3.63, 3.8) is 0 Å². The Morgan fingerprint density at radius 3 is 2.72 bits per heavy atom. The van der Waals surface area contributed by atoms with E-state index in [-0.39, 0.29) is 18.0 Å². The molecule has 0 bridgehead atoms. The molecule has 0 unspecified atom stereocenters. The molecule has 6 nitrogen and oxygen atoms in total. The van der Waals surface area contributed by atoms with E-state index in [1.165, 1.54) is 22.9 Å². The predicted molar refractivity (Wildman–Crippen MR) is 92.6 cm³/mol. The van der Waals surface area contributed by atoms with Crippen LogP contribution in [-0.2, 0) is 11.2 Å². The fourth-order valence-electron chi connectivity index (χ4n) is 2.25. The van der Waals surface area contributed by atoms with E-state index in [0.717, 1.165) is 0 Å². The minimum absolute atomic E-state index is 0.0621. The van der Waals surface area contributed by atoms with E-state index < -0.39 is 5.82 Å². The summed E-state index contributed by atoms with van der Waals surface area (Å²) in [6, 6.07) is 9.07. The van der Waals surface area contributed by atoms with Crippen LogP contribution in [0.15, 0.2) is 36.4 Å². The van der Waals surface area contributed by atoms with Gasteiger partial charge in [-0.3, -0.25) is 4.79 Å². The van der Waals surface area contributed by atoms with Crippen molar-refractivity contribution in [2.75, 3.05) is 5.32 Å². The zero-order valence-electron chi connectivity index (χ0n) is 13.0. The second-order valence-electron chi connectivity index (χ2n) is 5.26. The van der Waals surface area contributed by atoms with Crippen molar-refractivity contribution in [3.8, 4) is 5.69 Å². The smallest absolute Gasteiger partial charge is 0.228 e. The molecule has 3 rings (SSSR count). The number of anilines is 1. The van der Waals surface area contributed by atoms with Gasteiger partial charge in [-0.25, -0.2) is 4.39 Å². The number of benzene rings is 2. The molecule has 9 heteroatoms. The van der Waals surface area contributed by atoms with Crippen LogP contribution in [-0.4, -0.2) is 26.1 Å². The topological polar surface area (TPSA) is 72.7 Å². The van der Waals surface area contributed by atoms with Crippen LogP contribution < -0.4 is 5.32 Å². The molecule has 1 amide bonds. The standard InChI is InChI=1S/C16H12Cl2FN5O/c1-9-21-22-23-24(9)15-8-12(4-5-14(15)19)20-16(25)6-10-2-3-11(17)7-13(10)18/h2-5,7-8H,6H2,1H3,(H,20,25). The van der Waals surface area contributed by atoms with E-state index in [9.17, 15) is 9.18 Å². The summed E-state index contributed by atoms with van der Waals surface area (Å²) in [5.41, 5.74) is 1.20. The predicted octanol–water partition coefficient (Wildman–Crippen LogP) is 3.60. The number of hydrogen-bond donors (Lipinski definition) is 1. The Balaban J connectivity index is 1.79. The minimum Gasteiger partial charge on any atom is -0.326 e. The summed E-state index contributed by atoms with van der Waals surface area (Å²) in [5.74, 6) is -0.375. The maximum Gasteiger partial charge on any atom is 0.228 e. The van der Waals surface area contributed by atoms with Crippen LogP contribution in [0.1, 0.15) is 11.4 Å². The van der Waals surface area contributed by atoms with Gasteiger partial charge < -0.3 is 5.32 Å². The van der Waals surface area contributed by atoms with E-state index in [0.29, 0.717) is 27.1 Å². The maximum absolute atomic E-state index is 14.0. The Morgan fingerprint density at radius 2 is 2.04 bits per heavy atom. The number of rotatable bonds is 4. The van der Waals surface area contributed by atoms with Crippen molar-refractivity contribution in [1.29, 1.82) is 0 Å². The van der Waals surface area contributed by atoms with Crippen molar-refractivity contribution >= 4 is 34.8 Å². The lowest BCUT2D eigenvalue weighted by Gasteiger charge is -2.09. The van der Waals surface area contributed by atoms with Crippen LogP contribution in [0.3, 0.4) is 0 Å². The molecule has 25 heavy (non-hydrogen) atoms. The monoisotopic (exact) mass is 379 g/mol. The van der Waals surface area contributed by atoms with Crippen LogP contribution in [0.5, 0.6) is 0 Å². The quantitative estimate of drug-likeness (QED) is 0.751. The fourth-order valence-corrected chi connectivity index (χ4v) is 2.73. The van der Waals surface area contributed by atoms with Gasteiger partial charge in [-0.15, -0.1) is 5.10 Å². The maximum atomic E-state index is 14.0. The Hall–Kier alpha value is -2.51. The Morgan fingerprint density at radius 1 is 1.24 bits per heavy atom. The van der Waals surface area contributed by atoms with Crippen molar-refractivity contribution in [2.45, 2.75) is 13.3 Å². The highest BCUT2D eigenvalue weighted by Crippen LogP contribution is 2.22. The van der Waals surface area contributed by atoms with Gasteiger partial charge in [0.15, 0.2) is 5.82 Å². The van der Waals surface area contributed by atoms with Crippen molar-refractivity contribution in [1.82, 2.24) is 20.2 Å². The number of carbonyl (C=O) groups is 1. The van der Waals surface area contributed by atoms with Gasteiger partial charge in [0, 0.05) is 15.7 Å². The molecular formula is C16H12Cl2FN5O. The Bertz CT molecular complexity index is 944. The van der Waals surface area contributed by atoms with Crippen LogP contribution in [0.4, 0.5) is 10.1 Å². The summed E-state index contributed by atoms with van der Waals surface area (Å²) in [7, 11) is 0. The third kappa shape index (κ3) is 3.94. The summed E-state index contributed by atoms with van der Waals surface area (Å²) in [5, 5.41) is 14.5. The van der Waals surface area contributed by atoms with Gasteiger partial charge in [0.2, 0.25) is 5.91 Å². The number of carbonyl (C=O) groups excluding carboxylic acids is 1. The average Bonchev–Trinajstić information content (AvgIpc) is 2.98. The van der Waals surface area contributed by atoms with Crippen LogP contribution >= 0.6 is 23.2 Å². The van der Waals surface area contributed by atoms with Crippen LogP contribution in [0.25, 0.3) is 5.69 Å². The molecule has 0 saturated heterocycles. The molecule has 0 saturated carbocycles. The molecule has 0 radical (unpaired) electrons. The lowest BCUT2D eigenvalue weighted by atomic mass is 10.1. The second kappa shape index (κ2) is 7.16. The highest BCUT2D eigenvalue weighted by atomic mass is 35.5. The second-order valence-corrected chi connectivity index (χ2v) is 6.11. The highest BCUT2D eigenvalue weighted by Gasteiger charge is 2.13. The van der Waals surface area contributed by atoms with E-state index in [4.69, 9.17) is 23.2 Å². The summed E-state index contributed by atoms with van der Waals surface area (Å²) < 4.78 is 15.3. The molecule has 0 fully saturated rings. The molecule has 1 heterocycles. The SMILES string of the molecule is Cc1nnnn1-c1cc(NC(=O)Cc2ccc(Cl)cc2Cl)ccc1F. The number of hydrogen-bond acceptors (Lipinski definition) is 4. The third-order valence-corrected chi connectivity index (χ3v) is 4.04. The van der Waals surface area contributed by atoms with Gasteiger partial charge in [-0.05, 0) is 53.2 Å². The molecule has 128 valence electrons. The Labute approximate surface area is 152 Å². The first-order valence-corrected chi connectivity index (χ1v) is 7.98. The molecule has 0 spiro atoms. The zero-order chi connectivity index (χ0) is 18.0. The van der Waals surface area contributed by atoms with Gasteiger partial charge in [0.1, 0.15) is 11.5 Å². The molecule has 0 aliphatic rings. The zero-order valence-corrected chi connectivity index (χ0v) is 14.5. The van der Waals surface area contributed by atoms with Crippen molar-refractivity contribution in [2.24, 2.45) is 0 Å².